The van der Waals surface area contributed by atoms with Gasteiger partial charge in [-0.3, -0.25) is 4.79 Å². The van der Waals surface area contributed by atoms with Crippen LogP contribution >= 0.6 is 0 Å². The first-order chi connectivity index (χ1) is 9.83. The van der Waals surface area contributed by atoms with Crippen LogP contribution in [0.4, 0.5) is 4.79 Å². The highest BCUT2D eigenvalue weighted by molar-refractivity contribution is 5.68. The fourth-order valence-electron chi connectivity index (χ4n) is 2.09. The zero-order valence-electron chi connectivity index (χ0n) is 12.6. The predicted octanol–water partition coefficient (Wildman–Crippen LogP) is 1.55. The van der Waals surface area contributed by atoms with Crippen LogP contribution in [0.1, 0.15) is 33.6 Å². The summed E-state index contributed by atoms with van der Waals surface area (Å²) in [5, 5.41) is 6.13. The van der Waals surface area contributed by atoms with Crippen molar-refractivity contribution in [3.8, 4) is 5.88 Å². The van der Waals surface area contributed by atoms with Crippen molar-refractivity contribution < 1.29 is 14.3 Å². The fraction of sp³-hybridized carbons (Fsp3) is 0.643. The third-order valence-electron chi connectivity index (χ3n) is 2.97. The molecule has 7 heteroatoms. The third kappa shape index (κ3) is 4.77. The second kappa shape index (κ2) is 6.15. The molecule has 0 aliphatic carbocycles. The van der Waals surface area contributed by atoms with E-state index in [0.717, 1.165) is 12.8 Å². The van der Waals surface area contributed by atoms with Crippen molar-refractivity contribution in [1.29, 1.82) is 0 Å². The molecular weight excluding hydrogens is 274 g/mol. The molecule has 0 aromatic carbocycles. The summed E-state index contributed by atoms with van der Waals surface area (Å²) in [7, 11) is 0. The van der Waals surface area contributed by atoms with Crippen LogP contribution in [0, 0.1) is 0 Å². The summed E-state index contributed by atoms with van der Waals surface area (Å²) in [6, 6.07) is 2.88. The SMILES string of the molecule is CC(C)(C)OC(=O)N1CCC[C@H](Oc2ccc(=O)[nH]n2)C1. The number of ether oxygens (including phenoxy) is 2. The highest BCUT2D eigenvalue weighted by Gasteiger charge is 2.28. The number of H-pyrrole nitrogens is 1. The number of nitrogens with zero attached hydrogens (tertiary/aromatic N) is 2. The number of carbonyl (C=O) groups is 1. The number of aromatic nitrogens is 2. The number of hydrogen-bond donors (Lipinski definition) is 1. The Labute approximate surface area is 123 Å². The van der Waals surface area contributed by atoms with Crippen LogP contribution in [0.15, 0.2) is 16.9 Å². The minimum Gasteiger partial charge on any atom is -0.471 e. The molecule has 1 aromatic heterocycles. The second-order valence-electron chi connectivity index (χ2n) is 6.07. The van der Waals surface area contributed by atoms with E-state index in [1.807, 2.05) is 20.8 Å². The van der Waals surface area contributed by atoms with Crippen LogP contribution in [0.2, 0.25) is 0 Å². The Balaban J connectivity index is 1.93. The topological polar surface area (TPSA) is 84.5 Å². The summed E-state index contributed by atoms with van der Waals surface area (Å²) >= 11 is 0. The normalized spacial score (nSPS) is 19.2. The quantitative estimate of drug-likeness (QED) is 0.894. The zero-order chi connectivity index (χ0) is 15.5. The van der Waals surface area contributed by atoms with Gasteiger partial charge in [-0.1, -0.05) is 0 Å². The van der Waals surface area contributed by atoms with Crippen molar-refractivity contribution in [3.63, 3.8) is 0 Å². The third-order valence-corrected chi connectivity index (χ3v) is 2.97. The van der Waals surface area contributed by atoms with Gasteiger partial charge in [-0.2, -0.15) is 0 Å². The fourth-order valence-corrected chi connectivity index (χ4v) is 2.09. The standard InChI is InChI=1S/C14H21N3O4/c1-14(2,3)21-13(19)17-8-4-5-10(9-17)20-12-7-6-11(18)15-16-12/h6-7,10H,4-5,8-9H2,1-3H3,(H,15,18)/t10-/m0/s1. The summed E-state index contributed by atoms with van der Waals surface area (Å²) in [4.78, 5) is 24.6. The Hall–Kier alpha value is -2.05. The molecule has 0 spiro atoms. The van der Waals surface area contributed by atoms with E-state index in [1.165, 1.54) is 12.1 Å². The maximum atomic E-state index is 12.0. The summed E-state index contributed by atoms with van der Waals surface area (Å²) in [6.45, 7) is 6.64. The highest BCUT2D eigenvalue weighted by atomic mass is 16.6. The predicted molar refractivity (Wildman–Crippen MR) is 76.3 cm³/mol. The van der Waals surface area contributed by atoms with Crippen LogP contribution in [0.3, 0.4) is 0 Å². The van der Waals surface area contributed by atoms with Gasteiger partial charge in [0.05, 0.1) is 6.54 Å². The van der Waals surface area contributed by atoms with Crippen LogP contribution in [-0.4, -0.2) is 46.0 Å². The minimum absolute atomic E-state index is 0.148. The molecule has 2 rings (SSSR count). The van der Waals surface area contributed by atoms with E-state index < -0.39 is 5.60 Å². The van der Waals surface area contributed by atoms with E-state index in [1.54, 1.807) is 4.90 Å². The molecule has 0 unspecified atom stereocenters. The smallest absolute Gasteiger partial charge is 0.410 e. The minimum atomic E-state index is -0.509. The Kier molecular flexibility index (Phi) is 4.50. The van der Waals surface area contributed by atoms with E-state index in [2.05, 4.69) is 10.2 Å². The molecule has 1 N–H and O–H groups in total. The highest BCUT2D eigenvalue weighted by Crippen LogP contribution is 2.18. The van der Waals surface area contributed by atoms with Gasteiger partial charge in [0.15, 0.2) is 0 Å². The molecule has 21 heavy (non-hydrogen) atoms. The molecule has 0 bridgehead atoms. The van der Waals surface area contributed by atoms with E-state index >= 15 is 0 Å². The number of aromatic amines is 1. The number of carbonyl (C=O) groups excluding carboxylic acids is 1. The molecule has 1 fully saturated rings. The first-order valence-electron chi connectivity index (χ1n) is 7.04. The molecule has 0 saturated carbocycles. The van der Waals surface area contributed by atoms with E-state index in [-0.39, 0.29) is 17.8 Å². The van der Waals surface area contributed by atoms with Gasteiger partial charge >= 0.3 is 6.09 Å². The van der Waals surface area contributed by atoms with Crippen molar-refractivity contribution in [1.82, 2.24) is 15.1 Å². The maximum absolute atomic E-state index is 12.0. The molecule has 2 heterocycles. The van der Waals surface area contributed by atoms with Crippen molar-refractivity contribution in [2.75, 3.05) is 13.1 Å². The molecule has 1 aromatic rings. The van der Waals surface area contributed by atoms with Crippen molar-refractivity contribution in [2.45, 2.75) is 45.3 Å². The average molecular weight is 295 g/mol. The Morgan fingerprint density at radius 2 is 2.19 bits per heavy atom. The summed E-state index contributed by atoms with van der Waals surface area (Å²) < 4.78 is 11.0. The van der Waals surface area contributed by atoms with Gasteiger partial charge in [-0.05, 0) is 33.6 Å². The monoisotopic (exact) mass is 295 g/mol. The Bertz CT molecular complexity index is 529. The molecule has 1 aliphatic heterocycles. The van der Waals surface area contributed by atoms with Gasteiger partial charge < -0.3 is 14.4 Å². The van der Waals surface area contributed by atoms with Crippen molar-refractivity contribution in [3.05, 3.63) is 22.5 Å². The molecular formula is C14H21N3O4. The van der Waals surface area contributed by atoms with Gasteiger partial charge in [0.1, 0.15) is 11.7 Å². The number of amides is 1. The van der Waals surface area contributed by atoms with Crippen LogP contribution in [-0.2, 0) is 4.74 Å². The van der Waals surface area contributed by atoms with Crippen LogP contribution in [0.25, 0.3) is 0 Å². The van der Waals surface area contributed by atoms with Gasteiger partial charge in [0.25, 0.3) is 5.56 Å². The van der Waals surface area contributed by atoms with Gasteiger partial charge in [0.2, 0.25) is 5.88 Å². The molecule has 1 aliphatic rings. The number of nitrogens with one attached hydrogen (secondary N) is 1. The number of likely N-dealkylation sites (tertiary alicyclic amines) is 1. The average Bonchev–Trinajstić information content (AvgIpc) is 2.40. The molecule has 1 saturated heterocycles. The van der Waals surface area contributed by atoms with Crippen LogP contribution in [0.5, 0.6) is 5.88 Å². The lowest BCUT2D eigenvalue weighted by atomic mass is 10.1. The lowest BCUT2D eigenvalue weighted by Crippen LogP contribution is -2.46. The van der Waals surface area contributed by atoms with Crippen molar-refractivity contribution in [2.24, 2.45) is 0 Å². The first kappa shape index (κ1) is 15.3. The maximum Gasteiger partial charge on any atom is 0.410 e. The van der Waals surface area contributed by atoms with E-state index in [0.29, 0.717) is 19.0 Å². The van der Waals surface area contributed by atoms with Gasteiger partial charge in [-0.25, -0.2) is 9.89 Å². The van der Waals surface area contributed by atoms with Gasteiger partial charge in [-0.15, -0.1) is 5.10 Å². The zero-order valence-corrected chi connectivity index (χ0v) is 12.6. The van der Waals surface area contributed by atoms with Crippen LogP contribution < -0.4 is 10.3 Å². The Morgan fingerprint density at radius 3 is 2.81 bits per heavy atom. The molecule has 7 nitrogen and oxygen atoms in total. The molecule has 1 atom stereocenters. The summed E-state index contributed by atoms with van der Waals surface area (Å²) in [5.74, 6) is 0.352. The molecule has 0 radical (unpaired) electrons. The Morgan fingerprint density at radius 1 is 1.43 bits per heavy atom. The lowest BCUT2D eigenvalue weighted by Gasteiger charge is -2.33. The first-order valence-corrected chi connectivity index (χ1v) is 7.04. The largest absolute Gasteiger partial charge is 0.471 e. The lowest BCUT2D eigenvalue weighted by molar-refractivity contribution is 0.00711. The second-order valence-corrected chi connectivity index (χ2v) is 6.07. The van der Waals surface area contributed by atoms with Crippen molar-refractivity contribution >= 4 is 6.09 Å². The van der Waals surface area contributed by atoms with E-state index in [4.69, 9.17) is 9.47 Å². The molecule has 1 amide bonds. The summed E-state index contributed by atoms with van der Waals surface area (Å²) in [6.07, 6.45) is 1.20. The number of rotatable bonds is 2. The van der Waals surface area contributed by atoms with Gasteiger partial charge in [0, 0.05) is 18.7 Å². The number of hydrogen-bond acceptors (Lipinski definition) is 5. The van der Waals surface area contributed by atoms with E-state index in [9.17, 15) is 9.59 Å². The molecule has 116 valence electrons. The summed E-state index contributed by atoms with van der Waals surface area (Å²) in [5.41, 5.74) is -0.785. The number of piperidine rings is 1.